The Hall–Kier alpha value is -1.63. The minimum absolute atomic E-state index is 0. The molecule has 1 heterocycles. The normalized spacial score (nSPS) is 15.0. The van der Waals surface area contributed by atoms with E-state index in [2.05, 4.69) is 5.32 Å². The Balaban J connectivity index is 0.00000220. The van der Waals surface area contributed by atoms with Gasteiger partial charge in [-0.05, 0) is 24.1 Å². The predicted molar refractivity (Wildman–Crippen MR) is 82.8 cm³/mol. The first kappa shape index (κ1) is 17.4. The number of nitrogens with one attached hydrogen (secondary N) is 1. The number of hydrogen-bond donors (Lipinski definition) is 2. The number of anilines is 1. The van der Waals surface area contributed by atoms with Crippen molar-refractivity contribution in [2.75, 3.05) is 32.6 Å². The SMILES string of the molecule is COCC(N)C(=O)Nc1ccc2c(c1)C(=O)N(C)CC2.Cl. The maximum atomic E-state index is 12.1. The molecule has 0 aliphatic carbocycles. The summed E-state index contributed by atoms with van der Waals surface area (Å²) in [5.74, 6) is -0.355. The van der Waals surface area contributed by atoms with Crippen LogP contribution in [0.5, 0.6) is 0 Å². The van der Waals surface area contributed by atoms with Gasteiger partial charge in [0.2, 0.25) is 5.91 Å². The van der Waals surface area contributed by atoms with Gasteiger partial charge in [-0.3, -0.25) is 9.59 Å². The van der Waals surface area contributed by atoms with Crippen molar-refractivity contribution in [1.82, 2.24) is 4.90 Å². The molecule has 3 N–H and O–H groups in total. The Labute approximate surface area is 130 Å². The first-order valence-corrected chi connectivity index (χ1v) is 6.46. The molecule has 2 amide bonds. The number of benzene rings is 1. The van der Waals surface area contributed by atoms with Crippen LogP contribution in [0.4, 0.5) is 5.69 Å². The van der Waals surface area contributed by atoms with Crippen LogP contribution in [0.25, 0.3) is 0 Å². The zero-order valence-electron chi connectivity index (χ0n) is 12.1. The van der Waals surface area contributed by atoms with Crippen LogP contribution in [0.15, 0.2) is 18.2 Å². The van der Waals surface area contributed by atoms with Gasteiger partial charge in [-0.15, -0.1) is 12.4 Å². The number of likely N-dealkylation sites (N-methyl/N-ethyl adjacent to an activating group) is 1. The molecule has 0 aromatic heterocycles. The number of carbonyl (C=O) groups excluding carboxylic acids is 2. The van der Waals surface area contributed by atoms with Gasteiger partial charge in [-0.25, -0.2) is 0 Å². The largest absolute Gasteiger partial charge is 0.383 e. The van der Waals surface area contributed by atoms with Gasteiger partial charge >= 0.3 is 0 Å². The number of ether oxygens (including phenoxy) is 1. The number of methoxy groups -OCH3 is 1. The third-order valence-electron chi connectivity index (χ3n) is 3.35. The summed E-state index contributed by atoms with van der Waals surface area (Å²) in [6.45, 7) is 0.870. The van der Waals surface area contributed by atoms with Crippen molar-refractivity contribution in [3.63, 3.8) is 0 Å². The molecule has 6 nitrogen and oxygen atoms in total. The minimum Gasteiger partial charge on any atom is -0.383 e. The van der Waals surface area contributed by atoms with Crippen molar-refractivity contribution in [2.45, 2.75) is 12.5 Å². The minimum atomic E-state index is -0.727. The fraction of sp³-hybridized carbons (Fsp3) is 0.429. The van der Waals surface area contributed by atoms with Crippen LogP contribution in [-0.2, 0) is 16.0 Å². The van der Waals surface area contributed by atoms with Crippen LogP contribution >= 0.6 is 12.4 Å². The molecule has 1 unspecified atom stereocenters. The number of halogens is 1. The Morgan fingerprint density at radius 2 is 2.24 bits per heavy atom. The highest BCUT2D eigenvalue weighted by molar-refractivity contribution is 6.00. The Kier molecular flexibility index (Phi) is 6.14. The van der Waals surface area contributed by atoms with Crippen LogP contribution in [0, 0.1) is 0 Å². The summed E-state index contributed by atoms with van der Waals surface area (Å²) in [7, 11) is 3.26. The molecular formula is C14H20ClN3O3. The highest BCUT2D eigenvalue weighted by Gasteiger charge is 2.22. The van der Waals surface area contributed by atoms with E-state index in [4.69, 9.17) is 10.5 Å². The van der Waals surface area contributed by atoms with E-state index in [0.29, 0.717) is 11.3 Å². The average molecular weight is 314 g/mol. The molecule has 0 saturated heterocycles. The second kappa shape index (κ2) is 7.40. The lowest BCUT2D eigenvalue weighted by atomic mass is 9.98. The molecule has 1 atom stereocenters. The zero-order valence-corrected chi connectivity index (χ0v) is 12.9. The first-order valence-electron chi connectivity index (χ1n) is 6.46. The summed E-state index contributed by atoms with van der Waals surface area (Å²) in [5, 5.41) is 2.70. The van der Waals surface area contributed by atoms with Gasteiger partial charge in [-0.2, -0.15) is 0 Å². The number of fused-ring (bicyclic) bond motifs is 1. The Morgan fingerprint density at radius 3 is 2.90 bits per heavy atom. The number of carbonyl (C=O) groups is 2. The number of nitrogens with zero attached hydrogens (tertiary/aromatic N) is 1. The van der Waals surface area contributed by atoms with Gasteiger partial charge in [0.15, 0.2) is 0 Å². The van der Waals surface area contributed by atoms with Gasteiger partial charge in [0.25, 0.3) is 5.91 Å². The molecule has 7 heteroatoms. The van der Waals surface area contributed by atoms with Crippen molar-refractivity contribution in [3.8, 4) is 0 Å². The molecule has 0 fully saturated rings. The molecule has 21 heavy (non-hydrogen) atoms. The molecule has 0 radical (unpaired) electrons. The van der Waals surface area contributed by atoms with Gasteiger partial charge in [0, 0.05) is 32.0 Å². The summed E-state index contributed by atoms with van der Waals surface area (Å²) in [6, 6.07) is 4.63. The van der Waals surface area contributed by atoms with Crippen molar-refractivity contribution in [3.05, 3.63) is 29.3 Å². The van der Waals surface area contributed by atoms with E-state index in [-0.39, 0.29) is 30.8 Å². The van der Waals surface area contributed by atoms with Gasteiger partial charge < -0.3 is 20.7 Å². The quantitative estimate of drug-likeness (QED) is 0.854. The first-order chi connectivity index (χ1) is 9.52. The Morgan fingerprint density at radius 1 is 1.52 bits per heavy atom. The highest BCUT2D eigenvalue weighted by Crippen LogP contribution is 2.22. The fourth-order valence-corrected chi connectivity index (χ4v) is 2.16. The number of rotatable bonds is 4. The lowest BCUT2D eigenvalue weighted by Gasteiger charge is -2.25. The summed E-state index contributed by atoms with van der Waals surface area (Å²) in [5.41, 5.74) is 7.87. The summed E-state index contributed by atoms with van der Waals surface area (Å²) in [4.78, 5) is 25.5. The summed E-state index contributed by atoms with van der Waals surface area (Å²) < 4.78 is 4.84. The molecule has 0 bridgehead atoms. The van der Waals surface area contributed by atoms with Crippen molar-refractivity contribution < 1.29 is 14.3 Å². The number of nitrogens with two attached hydrogens (primary N) is 1. The standard InChI is InChI=1S/C14H19N3O3.ClH/c1-17-6-5-9-3-4-10(7-11(9)14(17)19)16-13(18)12(15)8-20-2;/h3-4,7,12H,5-6,8,15H2,1-2H3,(H,16,18);1H. The van der Waals surface area contributed by atoms with Gasteiger partial charge in [0.05, 0.1) is 6.61 Å². The van der Waals surface area contributed by atoms with E-state index in [1.54, 1.807) is 24.1 Å². The maximum Gasteiger partial charge on any atom is 0.253 e. The van der Waals surface area contributed by atoms with E-state index in [0.717, 1.165) is 18.5 Å². The molecule has 0 saturated carbocycles. The zero-order chi connectivity index (χ0) is 14.7. The lowest BCUT2D eigenvalue weighted by Crippen LogP contribution is -2.39. The van der Waals surface area contributed by atoms with Crippen LogP contribution in [0.1, 0.15) is 15.9 Å². The lowest BCUT2D eigenvalue weighted by molar-refractivity contribution is -0.118. The molecule has 1 aliphatic rings. The summed E-state index contributed by atoms with van der Waals surface area (Å²) in [6.07, 6.45) is 0.828. The Bertz CT molecular complexity index is 536. The van der Waals surface area contributed by atoms with E-state index in [1.165, 1.54) is 7.11 Å². The third-order valence-corrected chi connectivity index (χ3v) is 3.35. The number of hydrogen-bond acceptors (Lipinski definition) is 4. The van der Waals surface area contributed by atoms with Crippen LogP contribution in [-0.4, -0.2) is 50.1 Å². The molecule has 116 valence electrons. The predicted octanol–water partition coefficient (Wildman–Crippen LogP) is 0.649. The average Bonchev–Trinajstić information content (AvgIpc) is 2.43. The van der Waals surface area contributed by atoms with Crippen molar-refractivity contribution in [1.29, 1.82) is 0 Å². The van der Waals surface area contributed by atoms with Crippen molar-refractivity contribution in [2.24, 2.45) is 5.73 Å². The van der Waals surface area contributed by atoms with E-state index in [9.17, 15) is 9.59 Å². The number of amides is 2. The van der Waals surface area contributed by atoms with Gasteiger partial charge in [-0.1, -0.05) is 6.07 Å². The molecular weight excluding hydrogens is 294 g/mol. The van der Waals surface area contributed by atoms with Crippen molar-refractivity contribution >= 4 is 29.9 Å². The van der Waals surface area contributed by atoms with Crippen LogP contribution < -0.4 is 11.1 Å². The monoisotopic (exact) mass is 313 g/mol. The second-order valence-corrected chi connectivity index (χ2v) is 4.90. The third kappa shape index (κ3) is 3.93. The maximum absolute atomic E-state index is 12.1. The summed E-state index contributed by atoms with van der Waals surface area (Å²) >= 11 is 0. The van der Waals surface area contributed by atoms with Crippen LogP contribution in [0.3, 0.4) is 0 Å². The molecule has 1 aliphatic heterocycles. The highest BCUT2D eigenvalue weighted by atomic mass is 35.5. The second-order valence-electron chi connectivity index (χ2n) is 4.90. The van der Waals surface area contributed by atoms with Crippen LogP contribution in [0.2, 0.25) is 0 Å². The van der Waals surface area contributed by atoms with E-state index < -0.39 is 6.04 Å². The topological polar surface area (TPSA) is 84.7 Å². The smallest absolute Gasteiger partial charge is 0.253 e. The molecule has 2 rings (SSSR count). The molecule has 1 aromatic rings. The van der Waals surface area contributed by atoms with E-state index in [1.807, 2.05) is 6.07 Å². The fourth-order valence-electron chi connectivity index (χ4n) is 2.16. The van der Waals surface area contributed by atoms with Gasteiger partial charge in [0.1, 0.15) is 6.04 Å². The molecule has 1 aromatic carbocycles. The molecule has 0 spiro atoms. The van der Waals surface area contributed by atoms with E-state index >= 15 is 0 Å².